The molecule has 2 saturated carbocycles. The molecule has 2 aromatic heterocycles. The van der Waals surface area contributed by atoms with Crippen LogP contribution in [-0.4, -0.2) is 22.4 Å². The van der Waals surface area contributed by atoms with Gasteiger partial charge < -0.3 is 23.7 Å². The van der Waals surface area contributed by atoms with E-state index in [2.05, 4.69) is 269 Å². The lowest BCUT2D eigenvalue weighted by atomic mass is 9.33. The Balaban J connectivity index is 1.03. The molecule has 0 radical (unpaired) electrons. The standard InChI is InChI=1S/C81H85BN4O/c1-74(2,3)48-31-35-62-58(42-48)78(12)37-20-22-39-80(78,14)85(62)51-33-34-60-65(45-51)83(64-29-24-27-54-53-25-17-19-30-68(53)87-72(54)64)66-46-52(86-63-36-32-49(75(4,5)6)43-59(63)79(13)38-21-23-40-81(79,86)15)47-67-70(66)82(60)61-44-50(76(7,8)9)41-56-69-55-26-16-18-28-57(55)77(10,11)73(69)84(67)71(56)61/h16-19,24-36,41-47H,20-23,37-40H2,1-15H3. The average Bonchev–Trinajstić information content (AvgIpc) is 1.58. The highest BCUT2D eigenvalue weighted by molar-refractivity contribution is 7.00. The Bertz CT molecular complexity index is 4680. The van der Waals surface area contributed by atoms with Gasteiger partial charge in [-0.15, -0.1) is 0 Å². The van der Waals surface area contributed by atoms with Gasteiger partial charge >= 0.3 is 0 Å². The fourth-order valence-electron chi connectivity index (χ4n) is 19.1. The van der Waals surface area contributed by atoms with Crippen molar-refractivity contribution < 1.29 is 4.42 Å². The Kier molecular flexibility index (Phi) is 10.5. The maximum atomic E-state index is 7.29. The number of aromatic nitrogens is 1. The quantitative estimate of drug-likeness (QED) is 0.165. The Hall–Kier alpha value is -7.44. The van der Waals surface area contributed by atoms with Gasteiger partial charge in [0.05, 0.1) is 16.8 Å². The van der Waals surface area contributed by atoms with Gasteiger partial charge in [0, 0.05) is 89.0 Å². The summed E-state index contributed by atoms with van der Waals surface area (Å²) in [6.07, 6.45) is 9.48. The molecule has 0 amide bonds. The smallest absolute Gasteiger partial charge is 0.252 e. The van der Waals surface area contributed by atoms with Gasteiger partial charge in [0.15, 0.2) is 5.58 Å². The fourth-order valence-corrected chi connectivity index (χ4v) is 19.1. The van der Waals surface area contributed by atoms with Crippen molar-refractivity contribution in [2.45, 2.75) is 199 Å². The van der Waals surface area contributed by atoms with Crippen molar-refractivity contribution in [3.8, 4) is 16.8 Å². The van der Waals surface area contributed by atoms with Crippen LogP contribution in [0.5, 0.6) is 0 Å². The second-order valence-electron chi connectivity index (χ2n) is 32.4. The molecule has 4 atom stereocenters. The molecule has 87 heavy (non-hydrogen) atoms. The van der Waals surface area contributed by atoms with Crippen LogP contribution >= 0.6 is 0 Å². The first-order valence-electron chi connectivity index (χ1n) is 33.0. The first-order chi connectivity index (χ1) is 41.3. The molecule has 10 aromatic rings. The molecule has 6 heterocycles. The number of nitrogens with zero attached hydrogens (tertiary/aromatic N) is 4. The predicted molar refractivity (Wildman–Crippen MR) is 369 cm³/mol. The van der Waals surface area contributed by atoms with Crippen molar-refractivity contribution in [1.82, 2.24) is 4.57 Å². The molecule has 0 N–H and O–H groups in total. The minimum absolute atomic E-state index is 0.0175. The van der Waals surface area contributed by atoms with Crippen molar-refractivity contribution in [2.75, 3.05) is 14.7 Å². The van der Waals surface area contributed by atoms with Crippen LogP contribution in [0.1, 0.15) is 194 Å². The summed E-state index contributed by atoms with van der Waals surface area (Å²) < 4.78 is 10.1. The third-order valence-corrected chi connectivity index (χ3v) is 24.3. The summed E-state index contributed by atoms with van der Waals surface area (Å²) in [6.45, 7) is 36.9. The van der Waals surface area contributed by atoms with E-state index in [1.807, 2.05) is 0 Å². The highest BCUT2D eigenvalue weighted by atomic mass is 16.3. The van der Waals surface area contributed by atoms with E-state index in [0.717, 1.165) is 46.9 Å². The molecule has 0 saturated heterocycles. The minimum atomic E-state index is -0.290. The summed E-state index contributed by atoms with van der Waals surface area (Å²) >= 11 is 0. The molecule has 2 fully saturated rings. The lowest BCUT2D eigenvalue weighted by molar-refractivity contribution is 0.195. The average molecular weight is 1140 g/mol. The molecule has 4 aliphatic heterocycles. The van der Waals surface area contributed by atoms with Crippen molar-refractivity contribution in [3.63, 3.8) is 0 Å². The lowest BCUT2D eigenvalue weighted by Crippen LogP contribution is -2.61. The van der Waals surface area contributed by atoms with Crippen LogP contribution in [0.3, 0.4) is 0 Å². The highest BCUT2D eigenvalue weighted by Gasteiger charge is 2.60. The Labute approximate surface area is 516 Å². The monoisotopic (exact) mass is 1140 g/mol. The van der Waals surface area contributed by atoms with Crippen molar-refractivity contribution in [2.24, 2.45) is 0 Å². The summed E-state index contributed by atoms with van der Waals surface area (Å²) in [5, 5.41) is 3.65. The van der Waals surface area contributed by atoms with Gasteiger partial charge in [-0.3, -0.25) is 0 Å². The molecule has 0 bridgehead atoms. The maximum absolute atomic E-state index is 7.29. The van der Waals surface area contributed by atoms with Crippen LogP contribution in [0.25, 0.3) is 49.7 Å². The van der Waals surface area contributed by atoms with Gasteiger partial charge in [-0.25, -0.2) is 0 Å². The topological polar surface area (TPSA) is 27.8 Å². The van der Waals surface area contributed by atoms with Gasteiger partial charge in [-0.2, -0.15) is 0 Å². The Morgan fingerprint density at radius 1 is 0.437 bits per heavy atom. The molecule has 5 nitrogen and oxygen atoms in total. The summed E-state index contributed by atoms with van der Waals surface area (Å²) in [7, 11) is 0. The van der Waals surface area contributed by atoms with Gasteiger partial charge in [0.25, 0.3) is 6.71 Å². The molecular formula is C81H85BN4O. The van der Waals surface area contributed by atoms with Gasteiger partial charge in [0.2, 0.25) is 0 Å². The number of para-hydroxylation sites is 2. The maximum Gasteiger partial charge on any atom is 0.252 e. The summed E-state index contributed by atoms with van der Waals surface area (Å²) in [5.41, 5.74) is 29.3. The fraction of sp³-hybridized carbons (Fsp3) is 0.383. The van der Waals surface area contributed by atoms with Crippen molar-refractivity contribution >= 4 is 95.8 Å². The van der Waals surface area contributed by atoms with E-state index in [1.165, 1.54) is 149 Å². The molecule has 6 heteroatoms. The third kappa shape index (κ3) is 6.73. The zero-order valence-corrected chi connectivity index (χ0v) is 54.3. The third-order valence-electron chi connectivity index (χ3n) is 24.3. The van der Waals surface area contributed by atoms with E-state index in [1.54, 1.807) is 0 Å². The largest absolute Gasteiger partial charge is 0.454 e. The van der Waals surface area contributed by atoms with Crippen LogP contribution in [0, 0.1) is 0 Å². The summed E-state index contributed by atoms with van der Waals surface area (Å²) in [5.74, 6) is 0. The number of hydrogen-bond donors (Lipinski definition) is 0. The molecule has 4 unspecified atom stereocenters. The zero-order valence-electron chi connectivity index (χ0n) is 54.3. The number of hydrogen-bond acceptors (Lipinski definition) is 4. The second kappa shape index (κ2) is 17.0. The molecule has 438 valence electrons. The highest BCUT2D eigenvalue weighted by Crippen LogP contribution is 2.65. The summed E-state index contributed by atoms with van der Waals surface area (Å²) in [6, 6.07) is 58.3. The van der Waals surface area contributed by atoms with Crippen molar-refractivity contribution in [3.05, 3.63) is 185 Å². The van der Waals surface area contributed by atoms with Gasteiger partial charge in [-0.05, 0) is 166 Å². The predicted octanol–water partition coefficient (Wildman–Crippen LogP) is 19.8. The minimum Gasteiger partial charge on any atom is -0.454 e. The van der Waals surface area contributed by atoms with Crippen LogP contribution in [0.2, 0.25) is 0 Å². The van der Waals surface area contributed by atoms with Crippen LogP contribution in [-0.2, 0) is 32.5 Å². The zero-order chi connectivity index (χ0) is 60.2. The SMILES string of the molecule is CC(C)(C)c1ccc2c(c1)C1(C)CCCCC1(C)N2c1ccc2c(c1)N(c1cccc3c1oc1ccccc13)c1cc(N3c4ccc(C(C)(C)C)cc4C4(C)CCCCC34C)cc3c1B2c1cc(C(C)(C)C)cc2c4c(n-3c12)C(C)(C)c1ccccc1-4. The Morgan fingerprint density at radius 3 is 1.67 bits per heavy atom. The van der Waals surface area contributed by atoms with Crippen molar-refractivity contribution in [1.29, 1.82) is 0 Å². The van der Waals surface area contributed by atoms with E-state index >= 15 is 0 Å². The van der Waals surface area contributed by atoms with E-state index < -0.39 is 0 Å². The molecule has 0 spiro atoms. The normalized spacial score (nSPS) is 23.9. The number of rotatable bonds is 3. The molecular weight excluding hydrogens is 1060 g/mol. The first-order valence-corrected chi connectivity index (χ1v) is 33.0. The van der Waals surface area contributed by atoms with Gasteiger partial charge in [-0.1, -0.05) is 207 Å². The molecule has 8 aromatic carbocycles. The number of benzene rings is 8. The first kappa shape index (κ1) is 53.8. The van der Waals surface area contributed by atoms with Gasteiger partial charge in [0.1, 0.15) is 5.58 Å². The number of furan rings is 1. The van der Waals surface area contributed by atoms with E-state index in [9.17, 15) is 0 Å². The van der Waals surface area contributed by atoms with Crippen LogP contribution in [0.4, 0.5) is 39.8 Å². The van der Waals surface area contributed by atoms with E-state index in [0.29, 0.717) is 0 Å². The number of anilines is 7. The molecule has 3 aliphatic carbocycles. The van der Waals surface area contributed by atoms with E-state index in [-0.39, 0.29) is 50.3 Å². The second-order valence-corrected chi connectivity index (χ2v) is 32.4. The summed E-state index contributed by atoms with van der Waals surface area (Å²) in [4.78, 5) is 8.38. The number of fused-ring (bicyclic) bond motifs is 18. The Morgan fingerprint density at radius 2 is 1.01 bits per heavy atom. The van der Waals surface area contributed by atoms with Crippen LogP contribution < -0.4 is 31.1 Å². The lowest BCUT2D eigenvalue weighted by Gasteiger charge is -2.51. The molecule has 7 aliphatic rings. The van der Waals surface area contributed by atoms with Crippen LogP contribution in [0.15, 0.2) is 150 Å². The molecule has 17 rings (SSSR count). The van der Waals surface area contributed by atoms with E-state index in [4.69, 9.17) is 4.42 Å².